The zero-order valence-electron chi connectivity index (χ0n) is 8.00. The van der Waals surface area contributed by atoms with Crippen LogP contribution in [-0.4, -0.2) is 16.8 Å². The van der Waals surface area contributed by atoms with Gasteiger partial charge in [-0.2, -0.15) is 0 Å². The predicted octanol–water partition coefficient (Wildman–Crippen LogP) is 0.998. The lowest BCUT2D eigenvalue weighted by molar-refractivity contribution is -0.115. The van der Waals surface area contributed by atoms with Crippen molar-refractivity contribution in [1.29, 1.82) is 0 Å². The van der Waals surface area contributed by atoms with Crippen LogP contribution in [-0.2, 0) is 9.59 Å². The van der Waals surface area contributed by atoms with Gasteiger partial charge in [-0.05, 0) is 6.07 Å². The van der Waals surface area contributed by atoms with Gasteiger partial charge in [0.2, 0.25) is 11.8 Å². The van der Waals surface area contributed by atoms with Gasteiger partial charge in [-0.3, -0.25) is 14.6 Å². The molecule has 0 aliphatic heterocycles. The van der Waals surface area contributed by atoms with E-state index >= 15 is 0 Å². The molecule has 5 nitrogen and oxygen atoms in total. The third kappa shape index (κ3) is 3.22. The van der Waals surface area contributed by atoms with Gasteiger partial charge in [0.25, 0.3) is 0 Å². The number of anilines is 2. The van der Waals surface area contributed by atoms with Crippen molar-refractivity contribution >= 4 is 23.2 Å². The first-order valence-corrected chi connectivity index (χ1v) is 4.08. The highest BCUT2D eigenvalue weighted by Crippen LogP contribution is 2.12. The molecule has 5 heteroatoms. The number of rotatable bonds is 2. The molecule has 0 radical (unpaired) electrons. The summed E-state index contributed by atoms with van der Waals surface area (Å²) < 4.78 is 0. The van der Waals surface area contributed by atoms with Crippen LogP contribution in [0.4, 0.5) is 11.4 Å². The molecule has 1 aromatic rings. The number of pyridine rings is 1. The van der Waals surface area contributed by atoms with Crippen molar-refractivity contribution in [3.63, 3.8) is 0 Å². The molecular formula is C9H11N3O2. The average molecular weight is 193 g/mol. The molecule has 0 fully saturated rings. The summed E-state index contributed by atoms with van der Waals surface area (Å²) in [6, 6.07) is 1.63. The van der Waals surface area contributed by atoms with Crippen molar-refractivity contribution in [1.82, 2.24) is 4.98 Å². The molecule has 1 heterocycles. The minimum atomic E-state index is -0.174. The van der Waals surface area contributed by atoms with E-state index in [1.54, 1.807) is 6.07 Å². The average Bonchev–Trinajstić information content (AvgIpc) is 2.01. The lowest BCUT2D eigenvalue weighted by Crippen LogP contribution is -2.09. The van der Waals surface area contributed by atoms with E-state index in [9.17, 15) is 9.59 Å². The third-order valence-corrected chi connectivity index (χ3v) is 1.38. The first-order valence-electron chi connectivity index (χ1n) is 4.08. The van der Waals surface area contributed by atoms with E-state index in [0.29, 0.717) is 11.4 Å². The number of aromatic nitrogens is 1. The monoisotopic (exact) mass is 193 g/mol. The number of hydrogen-bond donors (Lipinski definition) is 2. The van der Waals surface area contributed by atoms with E-state index in [1.807, 2.05) is 0 Å². The maximum Gasteiger partial charge on any atom is 0.221 e. The Morgan fingerprint density at radius 1 is 1.07 bits per heavy atom. The molecule has 0 saturated carbocycles. The Morgan fingerprint density at radius 2 is 1.50 bits per heavy atom. The van der Waals surface area contributed by atoms with Gasteiger partial charge in [0, 0.05) is 13.8 Å². The number of nitrogens with zero attached hydrogens (tertiary/aromatic N) is 1. The summed E-state index contributed by atoms with van der Waals surface area (Å²) in [6.07, 6.45) is 3.01. The highest BCUT2D eigenvalue weighted by atomic mass is 16.2. The second kappa shape index (κ2) is 4.36. The number of carbonyl (C=O) groups excluding carboxylic acids is 2. The van der Waals surface area contributed by atoms with Gasteiger partial charge in [0.15, 0.2) is 0 Å². The lowest BCUT2D eigenvalue weighted by Gasteiger charge is -2.04. The lowest BCUT2D eigenvalue weighted by atomic mass is 10.3. The van der Waals surface area contributed by atoms with Crippen molar-refractivity contribution in [3.8, 4) is 0 Å². The van der Waals surface area contributed by atoms with Crippen molar-refractivity contribution < 1.29 is 9.59 Å². The fraction of sp³-hybridized carbons (Fsp3) is 0.222. The second-order valence-corrected chi connectivity index (χ2v) is 2.82. The van der Waals surface area contributed by atoms with E-state index in [-0.39, 0.29) is 11.8 Å². The van der Waals surface area contributed by atoms with Gasteiger partial charge < -0.3 is 10.6 Å². The third-order valence-electron chi connectivity index (χ3n) is 1.38. The number of nitrogens with one attached hydrogen (secondary N) is 2. The van der Waals surface area contributed by atoms with Crippen LogP contribution in [0.1, 0.15) is 13.8 Å². The smallest absolute Gasteiger partial charge is 0.221 e. The number of carbonyl (C=O) groups is 2. The van der Waals surface area contributed by atoms with Crippen LogP contribution >= 0.6 is 0 Å². The Labute approximate surface area is 81.5 Å². The molecule has 0 aliphatic rings. The Hall–Kier alpha value is -1.91. The highest BCUT2D eigenvalue weighted by molar-refractivity contribution is 5.91. The molecule has 14 heavy (non-hydrogen) atoms. The maximum atomic E-state index is 10.7. The summed E-state index contributed by atoms with van der Waals surface area (Å²) >= 11 is 0. The van der Waals surface area contributed by atoms with Crippen molar-refractivity contribution in [2.24, 2.45) is 0 Å². The van der Waals surface area contributed by atoms with Crippen LogP contribution in [0.2, 0.25) is 0 Å². The van der Waals surface area contributed by atoms with Crippen LogP contribution < -0.4 is 10.6 Å². The predicted molar refractivity (Wildman–Crippen MR) is 52.8 cm³/mol. The summed E-state index contributed by atoms with van der Waals surface area (Å²) in [6.45, 7) is 2.82. The molecule has 0 aliphatic carbocycles. The van der Waals surface area contributed by atoms with Gasteiger partial charge >= 0.3 is 0 Å². The summed E-state index contributed by atoms with van der Waals surface area (Å²) in [7, 11) is 0. The van der Waals surface area contributed by atoms with Crippen LogP contribution in [0.15, 0.2) is 18.5 Å². The summed E-state index contributed by atoms with van der Waals surface area (Å²) in [5, 5.41) is 5.13. The molecule has 0 saturated heterocycles. The van der Waals surface area contributed by atoms with Crippen LogP contribution in [0.3, 0.4) is 0 Å². The molecule has 0 bridgehead atoms. The topological polar surface area (TPSA) is 71.1 Å². The van der Waals surface area contributed by atoms with Crippen LogP contribution in [0, 0.1) is 0 Å². The first-order chi connectivity index (χ1) is 6.58. The Morgan fingerprint density at radius 3 is 1.86 bits per heavy atom. The van der Waals surface area contributed by atoms with E-state index in [4.69, 9.17) is 0 Å². The van der Waals surface area contributed by atoms with Crippen molar-refractivity contribution in [3.05, 3.63) is 18.5 Å². The second-order valence-electron chi connectivity index (χ2n) is 2.82. The fourth-order valence-electron chi connectivity index (χ4n) is 0.983. The normalized spacial score (nSPS) is 9.29. The fourth-order valence-corrected chi connectivity index (χ4v) is 0.983. The number of amides is 2. The standard InChI is InChI=1S/C9H11N3O2/c1-6(13)11-8-3-9(5-10-4-8)12-7(2)14/h3-5H,1-2H3,(H,11,13)(H,12,14). The van der Waals surface area contributed by atoms with E-state index in [1.165, 1.54) is 26.2 Å². The van der Waals surface area contributed by atoms with E-state index in [0.717, 1.165) is 0 Å². The first kappa shape index (κ1) is 10.2. The molecule has 0 spiro atoms. The molecule has 1 rings (SSSR count). The summed E-state index contributed by atoms with van der Waals surface area (Å²) in [5.41, 5.74) is 1.12. The molecule has 1 aromatic heterocycles. The van der Waals surface area contributed by atoms with Gasteiger partial charge in [0.1, 0.15) is 0 Å². The van der Waals surface area contributed by atoms with Crippen LogP contribution in [0.5, 0.6) is 0 Å². The molecule has 0 atom stereocenters. The molecule has 2 N–H and O–H groups in total. The Balaban J connectivity index is 2.78. The minimum absolute atomic E-state index is 0.174. The van der Waals surface area contributed by atoms with Gasteiger partial charge in [-0.1, -0.05) is 0 Å². The quantitative estimate of drug-likeness (QED) is 0.736. The van der Waals surface area contributed by atoms with Crippen molar-refractivity contribution in [2.45, 2.75) is 13.8 Å². The van der Waals surface area contributed by atoms with Gasteiger partial charge in [-0.15, -0.1) is 0 Å². The van der Waals surface area contributed by atoms with E-state index in [2.05, 4.69) is 15.6 Å². The molecular weight excluding hydrogens is 182 g/mol. The maximum absolute atomic E-state index is 10.7. The zero-order valence-corrected chi connectivity index (χ0v) is 8.00. The molecule has 0 unspecified atom stereocenters. The van der Waals surface area contributed by atoms with Gasteiger partial charge in [-0.25, -0.2) is 0 Å². The molecule has 0 aromatic carbocycles. The summed E-state index contributed by atoms with van der Waals surface area (Å²) in [4.78, 5) is 25.3. The largest absolute Gasteiger partial charge is 0.325 e. The summed E-state index contributed by atoms with van der Waals surface area (Å²) in [5.74, 6) is -0.349. The zero-order chi connectivity index (χ0) is 10.6. The minimum Gasteiger partial charge on any atom is -0.325 e. The SMILES string of the molecule is CC(=O)Nc1cncc(NC(C)=O)c1. The number of hydrogen-bond acceptors (Lipinski definition) is 3. The Kier molecular flexibility index (Phi) is 3.17. The van der Waals surface area contributed by atoms with Crippen molar-refractivity contribution in [2.75, 3.05) is 10.6 Å². The van der Waals surface area contributed by atoms with E-state index < -0.39 is 0 Å². The Bertz CT molecular complexity index is 332. The highest BCUT2D eigenvalue weighted by Gasteiger charge is 1.99. The van der Waals surface area contributed by atoms with Crippen LogP contribution in [0.25, 0.3) is 0 Å². The molecule has 74 valence electrons. The molecule has 2 amide bonds. The van der Waals surface area contributed by atoms with Gasteiger partial charge in [0.05, 0.1) is 23.8 Å².